The zero-order chi connectivity index (χ0) is 18.6. The highest BCUT2D eigenvalue weighted by Crippen LogP contribution is 2.22. The van der Waals surface area contributed by atoms with Crippen LogP contribution in [0.2, 0.25) is 0 Å². The van der Waals surface area contributed by atoms with E-state index in [4.69, 9.17) is 4.52 Å². The first kappa shape index (κ1) is 21.1. The standard InChI is InChI=1S/C19H21N3O3S.ClH/c1-14(20-2)11-18-21-19(25-22-18)16-8-6-7-15(12-16)13-26(23,24)17-9-4-3-5-10-17;/h3-10,12,14,20H,11,13H2,1-2H3;1H. The van der Waals surface area contributed by atoms with E-state index in [2.05, 4.69) is 15.5 Å². The molecule has 0 aliphatic rings. The maximum Gasteiger partial charge on any atom is 0.257 e. The van der Waals surface area contributed by atoms with Crippen molar-refractivity contribution in [2.45, 2.75) is 30.0 Å². The number of hydrogen-bond donors (Lipinski definition) is 1. The van der Waals surface area contributed by atoms with Crippen molar-refractivity contribution in [2.24, 2.45) is 0 Å². The van der Waals surface area contributed by atoms with Gasteiger partial charge in [-0.1, -0.05) is 35.5 Å². The van der Waals surface area contributed by atoms with E-state index in [0.717, 1.165) is 0 Å². The molecular weight excluding hydrogens is 386 g/mol. The van der Waals surface area contributed by atoms with Gasteiger partial charge >= 0.3 is 0 Å². The largest absolute Gasteiger partial charge is 0.334 e. The predicted molar refractivity (Wildman–Crippen MR) is 107 cm³/mol. The van der Waals surface area contributed by atoms with Crippen LogP contribution < -0.4 is 5.32 Å². The van der Waals surface area contributed by atoms with E-state index in [0.29, 0.717) is 34.2 Å². The molecule has 1 atom stereocenters. The third-order valence-electron chi connectivity index (χ3n) is 4.08. The third-order valence-corrected chi connectivity index (χ3v) is 5.79. The monoisotopic (exact) mass is 407 g/mol. The molecule has 0 spiro atoms. The van der Waals surface area contributed by atoms with Gasteiger partial charge in [0.25, 0.3) is 5.89 Å². The smallest absolute Gasteiger partial charge is 0.257 e. The van der Waals surface area contributed by atoms with Crippen LogP contribution in [-0.2, 0) is 22.0 Å². The molecule has 8 heteroatoms. The summed E-state index contributed by atoms with van der Waals surface area (Å²) in [5.74, 6) is 0.925. The molecule has 0 aliphatic carbocycles. The fourth-order valence-electron chi connectivity index (χ4n) is 2.55. The Morgan fingerprint density at radius 3 is 2.56 bits per heavy atom. The second-order valence-corrected chi connectivity index (χ2v) is 8.17. The average molecular weight is 408 g/mol. The van der Waals surface area contributed by atoms with Crippen LogP contribution >= 0.6 is 12.4 Å². The molecule has 0 radical (unpaired) electrons. The van der Waals surface area contributed by atoms with Gasteiger partial charge in [-0.15, -0.1) is 12.4 Å². The number of likely N-dealkylation sites (N-methyl/N-ethyl adjacent to an activating group) is 1. The summed E-state index contributed by atoms with van der Waals surface area (Å²) in [6.07, 6.45) is 0.655. The minimum Gasteiger partial charge on any atom is -0.334 e. The van der Waals surface area contributed by atoms with Gasteiger partial charge in [-0.25, -0.2) is 8.42 Å². The van der Waals surface area contributed by atoms with E-state index < -0.39 is 9.84 Å². The van der Waals surface area contributed by atoms with Gasteiger partial charge in [-0.2, -0.15) is 4.98 Å². The van der Waals surface area contributed by atoms with E-state index in [9.17, 15) is 8.42 Å². The molecule has 0 amide bonds. The highest BCUT2D eigenvalue weighted by atomic mass is 35.5. The molecule has 0 saturated carbocycles. The molecule has 3 rings (SSSR count). The lowest BCUT2D eigenvalue weighted by molar-refractivity contribution is 0.418. The molecule has 144 valence electrons. The van der Waals surface area contributed by atoms with Crippen molar-refractivity contribution in [3.05, 3.63) is 66.0 Å². The molecule has 0 bridgehead atoms. The van der Waals surface area contributed by atoms with E-state index in [-0.39, 0.29) is 24.2 Å². The summed E-state index contributed by atoms with van der Waals surface area (Å²) >= 11 is 0. The molecule has 2 aromatic carbocycles. The maximum absolute atomic E-state index is 12.5. The molecule has 0 saturated heterocycles. The van der Waals surface area contributed by atoms with E-state index in [1.165, 1.54) is 0 Å². The lowest BCUT2D eigenvalue weighted by Gasteiger charge is -2.06. The van der Waals surface area contributed by atoms with Gasteiger partial charge in [0.1, 0.15) is 0 Å². The number of nitrogens with zero attached hydrogens (tertiary/aromatic N) is 2. The van der Waals surface area contributed by atoms with Gasteiger partial charge in [-0.05, 0) is 43.8 Å². The molecule has 1 unspecified atom stereocenters. The first-order chi connectivity index (χ1) is 12.5. The number of halogens is 1. The molecule has 1 aromatic heterocycles. The summed E-state index contributed by atoms with van der Waals surface area (Å²) in [7, 11) is -1.52. The van der Waals surface area contributed by atoms with Crippen molar-refractivity contribution >= 4 is 22.2 Å². The minimum atomic E-state index is -3.40. The van der Waals surface area contributed by atoms with Crippen LogP contribution in [0.15, 0.2) is 64.0 Å². The molecule has 6 nitrogen and oxygen atoms in total. The first-order valence-corrected chi connectivity index (χ1v) is 10.00. The molecule has 27 heavy (non-hydrogen) atoms. The van der Waals surface area contributed by atoms with Gasteiger partial charge < -0.3 is 9.84 Å². The van der Waals surface area contributed by atoms with Crippen LogP contribution in [0, 0.1) is 0 Å². The van der Waals surface area contributed by atoms with Gasteiger partial charge in [0.05, 0.1) is 10.6 Å². The van der Waals surface area contributed by atoms with Crippen molar-refractivity contribution in [3.8, 4) is 11.5 Å². The average Bonchev–Trinajstić information content (AvgIpc) is 3.11. The number of aromatic nitrogens is 2. The van der Waals surface area contributed by atoms with Gasteiger partial charge in [0.2, 0.25) is 0 Å². The fraction of sp³-hybridized carbons (Fsp3) is 0.263. The Kier molecular flexibility index (Phi) is 7.12. The summed E-state index contributed by atoms with van der Waals surface area (Å²) in [4.78, 5) is 4.71. The minimum absolute atomic E-state index is 0. The van der Waals surface area contributed by atoms with Crippen molar-refractivity contribution in [1.82, 2.24) is 15.5 Å². The number of benzene rings is 2. The number of nitrogens with one attached hydrogen (secondary N) is 1. The molecule has 1 N–H and O–H groups in total. The van der Waals surface area contributed by atoms with E-state index >= 15 is 0 Å². The van der Waals surface area contributed by atoms with E-state index in [1.807, 2.05) is 20.0 Å². The SMILES string of the molecule is CNC(C)Cc1noc(-c2cccc(CS(=O)(=O)c3ccccc3)c2)n1.Cl. The van der Waals surface area contributed by atoms with Crippen LogP contribution in [0.25, 0.3) is 11.5 Å². The Hall–Kier alpha value is -2.22. The van der Waals surface area contributed by atoms with Crippen molar-refractivity contribution < 1.29 is 12.9 Å². The third kappa shape index (κ3) is 5.38. The Bertz CT molecular complexity index is 975. The summed E-state index contributed by atoms with van der Waals surface area (Å²) in [5.41, 5.74) is 1.39. The number of rotatable bonds is 7. The van der Waals surface area contributed by atoms with E-state index in [1.54, 1.807) is 48.5 Å². The topological polar surface area (TPSA) is 85.1 Å². The highest BCUT2D eigenvalue weighted by Gasteiger charge is 2.16. The summed E-state index contributed by atoms with van der Waals surface area (Å²) in [6.45, 7) is 2.03. The maximum atomic E-state index is 12.5. The van der Waals surface area contributed by atoms with Gasteiger partial charge in [0, 0.05) is 18.0 Å². The van der Waals surface area contributed by atoms with Crippen LogP contribution in [0.1, 0.15) is 18.3 Å². The Labute approximate surface area is 165 Å². The first-order valence-electron chi connectivity index (χ1n) is 8.35. The zero-order valence-corrected chi connectivity index (χ0v) is 16.8. The summed E-state index contributed by atoms with van der Waals surface area (Å²) in [6, 6.07) is 15.9. The summed E-state index contributed by atoms with van der Waals surface area (Å²) < 4.78 is 30.4. The van der Waals surface area contributed by atoms with Crippen molar-refractivity contribution in [1.29, 1.82) is 0 Å². The van der Waals surface area contributed by atoms with Gasteiger partial charge in [0.15, 0.2) is 15.7 Å². The Balaban J connectivity index is 0.00000261. The van der Waals surface area contributed by atoms with Crippen molar-refractivity contribution in [3.63, 3.8) is 0 Å². The molecular formula is C19H22ClN3O3S. The second-order valence-electron chi connectivity index (χ2n) is 6.18. The quantitative estimate of drug-likeness (QED) is 0.646. The van der Waals surface area contributed by atoms with Crippen LogP contribution in [0.5, 0.6) is 0 Å². The fourth-order valence-corrected chi connectivity index (χ4v) is 3.91. The van der Waals surface area contributed by atoms with Crippen LogP contribution in [0.4, 0.5) is 0 Å². The summed E-state index contributed by atoms with van der Waals surface area (Å²) in [5, 5.41) is 7.11. The lowest BCUT2D eigenvalue weighted by atomic mass is 10.1. The normalized spacial score (nSPS) is 12.4. The Morgan fingerprint density at radius 1 is 1.11 bits per heavy atom. The number of hydrogen-bond acceptors (Lipinski definition) is 6. The van der Waals surface area contributed by atoms with Crippen LogP contribution in [-0.4, -0.2) is 31.6 Å². The lowest BCUT2D eigenvalue weighted by Crippen LogP contribution is -2.24. The molecule has 0 aliphatic heterocycles. The van der Waals surface area contributed by atoms with Crippen molar-refractivity contribution in [2.75, 3.05) is 7.05 Å². The van der Waals surface area contributed by atoms with Crippen LogP contribution in [0.3, 0.4) is 0 Å². The molecule has 1 heterocycles. The highest BCUT2D eigenvalue weighted by molar-refractivity contribution is 7.90. The molecule has 3 aromatic rings. The zero-order valence-electron chi connectivity index (χ0n) is 15.1. The van der Waals surface area contributed by atoms with Gasteiger partial charge in [-0.3, -0.25) is 0 Å². The Morgan fingerprint density at radius 2 is 1.85 bits per heavy atom. The second kappa shape index (κ2) is 9.12. The number of sulfone groups is 1. The predicted octanol–water partition coefficient (Wildman–Crippen LogP) is 3.28. The molecule has 0 fully saturated rings.